The van der Waals surface area contributed by atoms with E-state index in [1.807, 2.05) is 13.0 Å². The minimum Gasteiger partial charge on any atom is -0.384 e. The summed E-state index contributed by atoms with van der Waals surface area (Å²) < 4.78 is 0. The minimum absolute atomic E-state index is 0.564. The highest BCUT2D eigenvalue weighted by Gasteiger charge is 2.35. The Morgan fingerprint density at radius 2 is 1.76 bits per heavy atom. The summed E-state index contributed by atoms with van der Waals surface area (Å²) in [5.41, 5.74) is 6.42. The summed E-state index contributed by atoms with van der Waals surface area (Å²) in [5.74, 6) is 2.34. The third-order valence-corrected chi connectivity index (χ3v) is 5.26. The summed E-state index contributed by atoms with van der Waals surface area (Å²) in [6.45, 7) is 6.61. The molecule has 21 heavy (non-hydrogen) atoms. The third-order valence-electron chi connectivity index (χ3n) is 5.26. The summed E-state index contributed by atoms with van der Waals surface area (Å²) >= 11 is 0. The Morgan fingerprint density at radius 3 is 2.48 bits per heavy atom. The SMILES string of the molecule is Cc1nc(N)cc(N2CCC3(CCCN(C)CC3)CC2)n1. The van der Waals surface area contributed by atoms with Crippen molar-refractivity contribution in [2.45, 2.75) is 39.0 Å². The summed E-state index contributed by atoms with van der Waals surface area (Å²) in [6, 6.07) is 1.91. The van der Waals surface area contributed by atoms with Crippen molar-refractivity contribution in [1.82, 2.24) is 14.9 Å². The van der Waals surface area contributed by atoms with Gasteiger partial charge in [0.25, 0.3) is 0 Å². The van der Waals surface area contributed by atoms with E-state index in [-0.39, 0.29) is 0 Å². The zero-order chi connectivity index (χ0) is 14.9. The highest BCUT2D eigenvalue weighted by atomic mass is 15.2. The van der Waals surface area contributed by atoms with Crippen molar-refractivity contribution in [3.05, 3.63) is 11.9 Å². The van der Waals surface area contributed by atoms with E-state index in [1.165, 1.54) is 45.2 Å². The molecule has 5 nitrogen and oxygen atoms in total. The van der Waals surface area contributed by atoms with Crippen LogP contribution in [0.4, 0.5) is 11.6 Å². The number of aryl methyl sites for hydroxylation is 1. The first-order valence-corrected chi connectivity index (χ1v) is 8.11. The normalized spacial score (nSPS) is 23.2. The number of hydrogen-bond acceptors (Lipinski definition) is 5. The lowest BCUT2D eigenvalue weighted by molar-refractivity contribution is 0.184. The summed E-state index contributed by atoms with van der Waals surface area (Å²) in [5, 5.41) is 0. The summed E-state index contributed by atoms with van der Waals surface area (Å²) in [4.78, 5) is 13.6. The molecule has 5 heteroatoms. The molecule has 2 N–H and O–H groups in total. The maximum absolute atomic E-state index is 5.86. The Bertz CT molecular complexity index is 473. The van der Waals surface area contributed by atoms with E-state index in [0.717, 1.165) is 24.7 Å². The Labute approximate surface area is 127 Å². The molecule has 0 saturated carbocycles. The first kappa shape index (κ1) is 14.6. The second-order valence-corrected chi connectivity index (χ2v) is 6.84. The van der Waals surface area contributed by atoms with Crippen molar-refractivity contribution in [3.8, 4) is 0 Å². The van der Waals surface area contributed by atoms with Crippen LogP contribution in [0.15, 0.2) is 6.07 Å². The van der Waals surface area contributed by atoms with E-state index in [0.29, 0.717) is 11.2 Å². The Morgan fingerprint density at radius 1 is 1.05 bits per heavy atom. The van der Waals surface area contributed by atoms with Gasteiger partial charge in [-0.2, -0.15) is 0 Å². The molecule has 2 aliphatic rings. The smallest absolute Gasteiger partial charge is 0.134 e. The fourth-order valence-corrected chi connectivity index (χ4v) is 3.84. The number of anilines is 2. The van der Waals surface area contributed by atoms with E-state index in [4.69, 9.17) is 5.73 Å². The quantitative estimate of drug-likeness (QED) is 0.857. The Balaban J connectivity index is 1.67. The van der Waals surface area contributed by atoms with Crippen molar-refractivity contribution >= 4 is 11.6 Å². The molecule has 2 aliphatic heterocycles. The molecule has 0 atom stereocenters. The largest absolute Gasteiger partial charge is 0.384 e. The minimum atomic E-state index is 0.564. The maximum Gasteiger partial charge on any atom is 0.134 e. The van der Waals surface area contributed by atoms with Gasteiger partial charge in [-0.1, -0.05) is 0 Å². The van der Waals surface area contributed by atoms with Crippen LogP contribution in [0.1, 0.15) is 37.9 Å². The molecular weight excluding hydrogens is 262 g/mol. The fourth-order valence-electron chi connectivity index (χ4n) is 3.84. The van der Waals surface area contributed by atoms with E-state index in [2.05, 4.69) is 26.8 Å². The zero-order valence-corrected chi connectivity index (χ0v) is 13.3. The third kappa shape index (κ3) is 3.28. The molecular formula is C16H27N5. The number of nitrogens with zero attached hydrogens (tertiary/aromatic N) is 4. The van der Waals surface area contributed by atoms with Crippen LogP contribution in [0.25, 0.3) is 0 Å². The van der Waals surface area contributed by atoms with Crippen molar-refractivity contribution in [1.29, 1.82) is 0 Å². The highest BCUT2D eigenvalue weighted by molar-refractivity contribution is 5.47. The molecule has 1 aromatic heterocycles. The second kappa shape index (κ2) is 5.79. The second-order valence-electron chi connectivity index (χ2n) is 6.84. The van der Waals surface area contributed by atoms with Crippen LogP contribution < -0.4 is 10.6 Å². The van der Waals surface area contributed by atoms with Gasteiger partial charge in [0.2, 0.25) is 0 Å². The predicted octanol–water partition coefficient (Wildman–Crippen LogP) is 2.07. The molecule has 0 radical (unpaired) electrons. The van der Waals surface area contributed by atoms with Gasteiger partial charge in [-0.25, -0.2) is 9.97 Å². The van der Waals surface area contributed by atoms with Crippen LogP contribution in [0.2, 0.25) is 0 Å². The molecule has 116 valence electrons. The lowest BCUT2D eigenvalue weighted by Gasteiger charge is -2.42. The predicted molar refractivity (Wildman–Crippen MR) is 86.4 cm³/mol. The van der Waals surface area contributed by atoms with Crippen LogP contribution in [-0.2, 0) is 0 Å². The number of nitrogen functional groups attached to an aromatic ring is 1. The fraction of sp³-hybridized carbons (Fsp3) is 0.750. The zero-order valence-electron chi connectivity index (χ0n) is 13.3. The molecule has 0 amide bonds. The average Bonchev–Trinajstić information content (AvgIpc) is 2.62. The molecule has 1 spiro atoms. The molecule has 0 bridgehead atoms. The standard InChI is InChI=1S/C16H27N5/c1-13-18-14(17)12-15(19-13)21-10-6-16(7-11-21)4-3-8-20(2)9-5-16/h12H,3-11H2,1-2H3,(H2,17,18,19). The molecule has 0 aliphatic carbocycles. The van der Waals surface area contributed by atoms with E-state index < -0.39 is 0 Å². The number of nitrogens with two attached hydrogens (primary N) is 1. The van der Waals surface area contributed by atoms with Crippen molar-refractivity contribution in [2.24, 2.45) is 5.41 Å². The first-order valence-electron chi connectivity index (χ1n) is 8.11. The van der Waals surface area contributed by atoms with Gasteiger partial charge in [-0.3, -0.25) is 0 Å². The van der Waals surface area contributed by atoms with Gasteiger partial charge in [-0.15, -0.1) is 0 Å². The first-order chi connectivity index (χ1) is 10.1. The van der Waals surface area contributed by atoms with Crippen LogP contribution in [0.5, 0.6) is 0 Å². The van der Waals surface area contributed by atoms with Gasteiger partial charge >= 0.3 is 0 Å². The van der Waals surface area contributed by atoms with E-state index in [9.17, 15) is 0 Å². The molecule has 3 heterocycles. The molecule has 0 aromatic carbocycles. The average molecular weight is 289 g/mol. The van der Waals surface area contributed by atoms with Crippen molar-refractivity contribution in [3.63, 3.8) is 0 Å². The number of aromatic nitrogens is 2. The molecule has 0 unspecified atom stereocenters. The summed E-state index contributed by atoms with van der Waals surface area (Å²) in [7, 11) is 2.25. The highest BCUT2D eigenvalue weighted by Crippen LogP contribution is 2.41. The van der Waals surface area contributed by atoms with Crippen LogP contribution in [0, 0.1) is 12.3 Å². The number of piperidine rings is 1. The Hall–Kier alpha value is -1.36. The summed E-state index contributed by atoms with van der Waals surface area (Å²) in [6.07, 6.45) is 6.64. The topological polar surface area (TPSA) is 58.3 Å². The van der Waals surface area contributed by atoms with E-state index >= 15 is 0 Å². The number of likely N-dealkylation sites (tertiary alicyclic amines) is 1. The molecule has 1 aromatic rings. The van der Waals surface area contributed by atoms with Crippen LogP contribution >= 0.6 is 0 Å². The van der Waals surface area contributed by atoms with Crippen molar-refractivity contribution < 1.29 is 0 Å². The Kier molecular flexibility index (Phi) is 4.02. The van der Waals surface area contributed by atoms with Gasteiger partial charge < -0.3 is 15.5 Å². The van der Waals surface area contributed by atoms with Gasteiger partial charge in [0.15, 0.2) is 0 Å². The monoisotopic (exact) mass is 289 g/mol. The van der Waals surface area contributed by atoms with Gasteiger partial charge in [0.05, 0.1) is 0 Å². The van der Waals surface area contributed by atoms with Gasteiger partial charge in [-0.05, 0) is 64.6 Å². The lowest BCUT2D eigenvalue weighted by Crippen LogP contribution is -2.41. The van der Waals surface area contributed by atoms with E-state index in [1.54, 1.807) is 0 Å². The number of rotatable bonds is 1. The molecule has 2 saturated heterocycles. The van der Waals surface area contributed by atoms with Gasteiger partial charge in [0, 0.05) is 19.2 Å². The van der Waals surface area contributed by atoms with Crippen LogP contribution in [0.3, 0.4) is 0 Å². The van der Waals surface area contributed by atoms with Gasteiger partial charge in [0.1, 0.15) is 17.5 Å². The lowest BCUT2D eigenvalue weighted by atomic mass is 9.73. The molecule has 2 fully saturated rings. The van der Waals surface area contributed by atoms with Crippen LogP contribution in [-0.4, -0.2) is 48.1 Å². The number of hydrogen-bond donors (Lipinski definition) is 1. The maximum atomic E-state index is 5.86. The molecule has 3 rings (SSSR count). The van der Waals surface area contributed by atoms with Crippen molar-refractivity contribution in [2.75, 3.05) is 43.9 Å².